The summed E-state index contributed by atoms with van der Waals surface area (Å²) in [4.78, 5) is 17.4. The van der Waals surface area contributed by atoms with Gasteiger partial charge in [0.15, 0.2) is 5.82 Å². The molecule has 0 fully saturated rings. The molecule has 0 radical (unpaired) electrons. The number of carbonyl (C=O) groups is 1. The Morgan fingerprint density at radius 2 is 2.03 bits per heavy atom. The molecule has 0 unspecified atom stereocenters. The first-order valence-corrected chi connectivity index (χ1v) is 10.9. The van der Waals surface area contributed by atoms with Gasteiger partial charge in [0.25, 0.3) is 5.91 Å². The molecule has 1 amide bonds. The van der Waals surface area contributed by atoms with Crippen LogP contribution in [0.5, 0.6) is 0 Å². The third-order valence-corrected chi connectivity index (χ3v) is 5.31. The predicted octanol–water partition coefficient (Wildman–Crippen LogP) is 5.50. The molecular formula is C20H20Br2ClN5O. The summed E-state index contributed by atoms with van der Waals surface area (Å²) in [6.07, 6.45) is 1.60. The number of anilines is 1. The maximum atomic E-state index is 13.2. The van der Waals surface area contributed by atoms with Crippen LogP contribution in [-0.4, -0.2) is 26.7 Å². The summed E-state index contributed by atoms with van der Waals surface area (Å²) in [7, 11) is 0. The fourth-order valence-corrected chi connectivity index (χ4v) is 4.03. The Hall–Kier alpha value is -1.74. The van der Waals surface area contributed by atoms with Gasteiger partial charge >= 0.3 is 0 Å². The molecule has 6 nitrogen and oxygen atoms in total. The summed E-state index contributed by atoms with van der Waals surface area (Å²) in [5, 5.41) is 11.2. The van der Waals surface area contributed by atoms with Crippen molar-refractivity contribution in [3.8, 4) is 5.82 Å². The highest BCUT2D eigenvalue weighted by Crippen LogP contribution is 2.28. The molecule has 29 heavy (non-hydrogen) atoms. The van der Waals surface area contributed by atoms with Crippen LogP contribution in [0.25, 0.3) is 5.82 Å². The van der Waals surface area contributed by atoms with Gasteiger partial charge in [-0.2, -0.15) is 5.10 Å². The largest absolute Gasteiger partial charge is 0.320 e. The maximum absolute atomic E-state index is 13.2. The molecule has 0 bridgehead atoms. The molecular weight excluding hydrogens is 522 g/mol. The van der Waals surface area contributed by atoms with Crippen LogP contribution in [0.3, 0.4) is 0 Å². The Bertz CT molecular complexity index is 1050. The van der Waals surface area contributed by atoms with Crippen LogP contribution in [0.15, 0.2) is 45.6 Å². The van der Waals surface area contributed by atoms with Crippen molar-refractivity contribution in [3.63, 3.8) is 0 Å². The van der Waals surface area contributed by atoms with Crippen LogP contribution in [0.2, 0.25) is 5.02 Å². The van der Waals surface area contributed by atoms with Crippen LogP contribution in [0.4, 0.5) is 5.69 Å². The van der Waals surface area contributed by atoms with Gasteiger partial charge in [-0.25, -0.2) is 9.67 Å². The Morgan fingerprint density at radius 1 is 1.28 bits per heavy atom. The first kappa shape index (κ1) is 22.0. The number of hydrogen-bond acceptors (Lipinski definition) is 4. The normalized spacial score (nSPS) is 11.1. The molecule has 0 saturated heterocycles. The summed E-state index contributed by atoms with van der Waals surface area (Å²) in [5.74, 6) is 0.0837. The highest BCUT2D eigenvalue weighted by molar-refractivity contribution is 9.10. The molecule has 0 atom stereocenters. The molecule has 2 aromatic heterocycles. The molecule has 1 aromatic carbocycles. The smallest absolute Gasteiger partial charge is 0.274 e. The van der Waals surface area contributed by atoms with Crippen molar-refractivity contribution >= 4 is 55.1 Å². The highest BCUT2D eigenvalue weighted by atomic mass is 79.9. The maximum Gasteiger partial charge on any atom is 0.274 e. The number of nitrogens with one attached hydrogen (secondary N) is 2. The molecule has 0 saturated carbocycles. The Balaban J connectivity index is 1.97. The van der Waals surface area contributed by atoms with E-state index < -0.39 is 0 Å². The topological polar surface area (TPSA) is 71.8 Å². The number of nitrogens with zero attached hydrogens (tertiary/aromatic N) is 3. The first-order valence-electron chi connectivity index (χ1n) is 8.96. The molecule has 2 heterocycles. The van der Waals surface area contributed by atoms with Gasteiger partial charge in [0.05, 0.1) is 5.02 Å². The number of benzene rings is 1. The third kappa shape index (κ3) is 5.25. The van der Waals surface area contributed by atoms with Crippen molar-refractivity contribution in [2.24, 2.45) is 0 Å². The highest BCUT2D eigenvalue weighted by Gasteiger charge is 2.20. The number of rotatable bonds is 6. The fourth-order valence-electron chi connectivity index (χ4n) is 2.83. The van der Waals surface area contributed by atoms with E-state index in [1.54, 1.807) is 24.4 Å². The van der Waals surface area contributed by atoms with Crippen molar-refractivity contribution in [2.45, 2.75) is 33.4 Å². The first-order chi connectivity index (χ1) is 13.8. The lowest BCUT2D eigenvalue weighted by Gasteiger charge is -2.17. The zero-order valence-corrected chi connectivity index (χ0v) is 20.1. The quantitative estimate of drug-likeness (QED) is 0.432. The summed E-state index contributed by atoms with van der Waals surface area (Å²) >= 11 is 13.1. The molecule has 0 aliphatic heterocycles. The van der Waals surface area contributed by atoms with Crippen LogP contribution in [0.1, 0.15) is 35.5 Å². The van der Waals surface area contributed by atoms with E-state index in [1.165, 1.54) is 4.68 Å². The van der Waals surface area contributed by atoms with E-state index in [0.717, 1.165) is 21.3 Å². The average molecular weight is 542 g/mol. The van der Waals surface area contributed by atoms with Gasteiger partial charge in [-0.3, -0.25) is 4.79 Å². The van der Waals surface area contributed by atoms with Crippen molar-refractivity contribution in [2.75, 3.05) is 5.32 Å². The minimum absolute atomic E-state index is 0.305. The number of aryl methyl sites for hydroxylation is 1. The zero-order chi connectivity index (χ0) is 21.1. The Kier molecular flexibility index (Phi) is 7.10. The molecule has 0 aliphatic rings. The molecule has 152 valence electrons. The van der Waals surface area contributed by atoms with E-state index >= 15 is 0 Å². The van der Waals surface area contributed by atoms with E-state index in [1.807, 2.05) is 19.1 Å². The second-order valence-electron chi connectivity index (χ2n) is 6.82. The minimum atomic E-state index is -0.305. The summed E-state index contributed by atoms with van der Waals surface area (Å²) < 4.78 is 2.90. The van der Waals surface area contributed by atoms with Crippen LogP contribution in [0, 0.1) is 6.92 Å². The summed E-state index contributed by atoms with van der Waals surface area (Å²) in [6.45, 7) is 6.75. The standard InChI is InChI=1S/C20H20Br2ClN5O/c1-11(2)25-10-13-8-14(21)7-12(3)18(13)26-20(29)16-9-17(22)27-28(16)19-15(23)5-4-6-24-19/h4-9,11,25H,10H2,1-3H3,(H,26,29). The lowest BCUT2D eigenvalue weighted by Crippen LogP contribution is -2.24. The summed E-state index contributed by atoms with van der Waals surface area (Å²) in [5.41, 5.74) is 3.03. The number of halogens is 3. The Morgan fingerprint density at radius 3 is 2.72 bits per heavy atom. The molecule has 9 heteroatoms. The van der Waals surface area contributed by atoms with E-state index in [0.29, 0.717) is 33.7 Å². The van der Waals surface area contributed by atoms with Gasteiger partial charge < -0.3 is 10.6 Å². The lowest BCUT2D eigenvalue weighted by molar-refractivity contribution is 0.101. The SMILES string of the molecule is Cc1cc(Br)cc(CNC(C)C)c1NC(=O)c1cc(Br)nn1-c1ncccc1Cl. The van der Waals surface area contributed by atoms with Gasteiger partial charge in [-0.15, -0.1) is 0 Å². The van der Waals surface area contributed by atoms with Crippen molar-refractivity contribution in [1.82, 2.24) is 20.1 Å². The van der Waals surface area contributed by atoms with Gasteiger partial charge in [-0.05, 0) is 58.2 Å². The number of aromatic nitrogens is 3. The number of carbonyl (C=O) groups excluding carboxylic acids is 1. The third-order valence-electron chi connectivity index (χ3n) is 4.17. The van der Waals surface area contributed by atoms with E-state index in [-0.39, 0.29) is 5.91 Å². The second-order valence-corrected chi connectivity index (χ2v) is 8.95. The van der Waals surface area contributed by atoms with Gasteiger partial charge in [0, 0.05) is 35.0 Å². The number of hydrogen-bond donors (Lipinski definition) is 2. The zero-order valence-electron chi connectivity index (χ0n) is 16.1. The van der Waals surface area contributed by atoms with Crippen LogP contribution < -0.4 is 10.6 Å². The second kappa shape index (κ2) is 9.38. The van der Waals surface area contributed by atoms with Gasteiger partial charge in [0.1, 0.15) is 10.3 Å². The van der Waals surface area contributed by atoms with Gasteiger partial charge in [-0.1, -0.05) is 41.4 Å². The average Bonchev–Trinajstić information content (AvgIpc) is 3.04. The van der Waals surface area contributed by atoms with E-state index in [2.05, 4.69) is 66.4 Å². The molecule has 0 aliphatic carbocycles. The monoisotopic (exact) mass is 539 g/mol. The minimum Gasteiger partial charge on any atom is -0.320 e. The van der Waals surface area contributed by atoms with E-state index in [4.69, 9.17) is 11.6 Å². The lowest BCUT2D eigenvalue weighted by atomic mass is 10.1. The van der Waals surface area contributed by atoms with Gasteiger partial charge in [0.2, 0.25) is 0 Å². The summed E-state index contributed by atoms with van der Waals surface area (Å²) in [6, 6.07) is 9.36. The predicted molar refractivity (Wildman–Crippen MR) is 123 cm³/mol. The van der Waals surface area contributed by atoms with Crippen molar-refractivity contribution in [1.29, 1.82) is 0 Å². The van der Waals surface area contributed by atoms with Crippen molar-refractivity contribution in [3.05, 3.63) is 67.4 Å². The molecule has 2 N–H and O–H groups in total. The molecule has 3 aromatic rings. The molecule has 0 spiro atoms. The van der Waals surface area contributed by atoms with Crippen molar-refractivity contribution < 1.29 is 4.79 Å². The Labute approximate surface area is 191 Å². The van der Waals surface area contributed by atoms with E-state index in [9.17, 15) is 4.79 Å². The number of pyridine rings is 1. The van der Waals surface area contributed by atoms with Crippen LogP contribution in [-0.2, 0) is 6.54 Å². The number of amides is 1. The van der Waals surface area contributed by atoms with Crippen LogP contribution >= 0.6 is 43.5 Å². The fraction of sp³-hybridized carbons (Fsp3) is 0.250. The molecule has 3 rings (SSSR count).